The minimum absolute atomic E-state index is 0.359. The van der Waals surface area contributed by atoms with Gasteiger partial charge in [0.05, 0.1) is 23.1 Å². The van der Waals surface area contributed by atoms with Gasteiger partial charge in [-0.2, -0.15) is 5.26 Å². The minimum Gasteiger partial charge on any atom is -0.436 e. The Balaban J connectivity index is 2.12. The number of fused-ring (bicyclic) bond motifs is 1. The van der Waals surface area contributed by atoms with Crippen molar-refractivity contribution in [2.45, 2.75) is 6.42 Å². The molecule has 19 heavy (non-hydrogen) atoms. The van der Waals surface area contributed by atoms with Crippen LogP contribution in [0.2, 0.25) is 5.02 Å². The van der Waals surface area contributed by atoms with Gasteiger partial charge in [0.1, 0.15) is 5.52 Å². The lowest BCUT2D eigenvalue weighted by Gasteiger charge is -1.96. The molecular weight excluding hydrogens is 260 g/mol. The Morgan fingerprint density at radius 1 is 1.21 bits per heavy atom. The summed E-state index contributed by atoms with van der Waals surface area (Å²) >= 11 is 6.12. The van der Waals surface area contributed by atoms with Gasteiger partial charge in [-0.05, 0) is 29.8 Å². The number of hydrogen-bond acceptors (Lipinski definition) is 3. The molecule has 0 amide bonds. The van der Waals surface area contributed by atoms with E-state index >= 15 is 0 Å². The summed E-state index contributed by atoms with van der Waals surface area (Å²) in [4.78, 5) is 4.41. The Labute approximate surface area is 115 Å². The number of benzene rings is 2. The third-order valence-corrected chi connectivity index (χ3v) is 3.17. The van der Waals surface area contributed by atoms with E-state index in [9.17, 15) is 0 Å². The molecule has 0 N–H and O–H groups in total. The molecule has 0 saturated carbocycles. The molecule has 2 aromatic carbocycles. The van der Waals surface area contributed by atoms with E-state index in [4.69, 9.17) is 21.3 Å². The average molecular weight is 269 g/mol. The highest BCUT2D eigenvalue weighted by molar-refractivity contribution is 6.33. The van der Waals surface area contributed by atoms with E-state index in [2.05, 4.69) is 11.1 Å². The number of nitriles is 1. The third-order valence-electron chi connectivity index (χ3n) is 2.84. The summed E-state index contributed by atoms with van der Waals surface area (Å²) in [6.45, 7) is 0. The van der Waals surface area contributed by atoms with Crippen LogP contribution in [0.15, 0.2) is 46.9 Å². The summed E-state index contributed by atoms with van der Waals surface area (Å²) in [6, 6.07) is 15.1. The predicted octanol–water partition coefficient (Wildman–Crippen LogP) is 4.21. The molecule has 0 radical (unpaired) electrons. The maximum atomic E-state index is 8.70. The number of rotatable bonds is 2. The molecule has 0 aliphatic heterocycles. The molecule has 0 unspecified atom stereocenters. The van der Waals surface area contributed by atoms with Gasteiger partial charge in [-0.3, -0.25) is 0 Å². The first-order valence-corrected chi connectivity index (χ1v) is 6.17. The zero-order valence-electron chi connectivity index (χ0n) is 9.93. The van der Waals surface area contributed by atoms with Crippen LogP contribution in [0.25, 0.3) is 22.6 Å². The number of hydrogen-bond donors (Lipinski definition) is 0. The SMILES string of the molecule is N#CCc1ccc2nc(-c3ccccc3Cl)oc2c1. The highest BCUT2D eigenvalue weighted by Gasteiger charge is 2.11. The largest absolute Gasteiger partial charge is 0.436 e. The first-order valence-electron chi connectivity index (χ1n) is 5.79. The molecular formula is C15H9ClN2O. The van der Waals surface area contributed by atoms with E-state index in [1.165, 1.54) is 0 Å². The van der Waals surface area contributed by atoms with E-state index in [1.807, 2.05) is 36.4 Å². The molecule has 0 aliphatic rings. The summed E-state index contributed by atoms with van der Waals surface area (Å²) in [6.07, 6.45) is 0.359. The number of nitrogens with zero attached hydrogens (tertiary/aromatic N) is 2. The molecule has 92 valence electrons. The number of oxazole rings is 1. The fraction of sp³-hybridized carbons (Fsp3) is 0.0667. The molecule has 4 heteroatoms. The molecule has 0 saturated heterocycles. The average Bonchev–Trinajstić information content (AvgIpc) is 2.82. The van der Waals surface area contributed by atoms with Crippen LogP contribution in [0.5, 0.6) is 0 Å². The molecule has 1 aromatic heterocycles. The maximum Gasteiger partial charge on any atom is 0.228 e. The highest BCUT2D eigenvalue weighted by atomic mass is 35.5. The van der Waals surface area contributed by atoms with Gasteiger partial charge in [-0.15, -0.1) is 0 Å². The van der Waals surface area contributed by atoms with Crippen LogP contribution in [0.4, 0.5) is 0 Å². The predicted molar refractivity (Wildman–Crippen MR) is 73.8 cm³/mol. The van der Waals surface area contributed by atoms with Crippen molar-refractivity contribution in [3.63, 3.8) is 0 Å². The van der Waals surface area contributed by atoms with Gasteiger partial charge in [0.25, 0.3) is 0 Å². The van der Waals surface area contributed by atoms with Gasteiger partial charge in [-0.25, -0.2) is 4.98 Å². The summed E-state index contributed by atoms with van der Waals surface area (Å²) in [7, 11) is 0. The van der Waals surface area contributed by atoms with Crippen molar-refractivity contribution in [2.24, 2.45) is 0 Å². The van der Waals surface area contributed by atoms with E-state index in [0.29, 0.717) is 22.9 Å². The summed E-state index contributed by atoms with van der Waals surface area (Å²) in [5.41, 5.74) is 3.11. The van der Waals surface area contributed by atoms with Gasteiger partial charge in [0, 0.05) is 0 Å². The smallest absolute Gasteiger partial charge is 0.228 e. The lowest BCUT2D eigenvalue weighted by Crippen LogP contribution is -1.79. The molecule has 0 fully saturated rings. The Morgan fingerprint density at radius 2 is 2.05 bits per heavy atom. The molecule has 3 aromatic rings. The Hall–Kier alpha value is -2.31. The molecule has 3 rings (SSSR count). The molecule has 1 heterocycles. The van der Waals surface area contributed by atoms with Crippen LogP contribution < -0.4 is 0 Å². The molecule has 0 atom stereocenters. The number of aromatic nitrogens is 1. The van der Waals surface area contributed by atoms with Crippen molar-refractivity contribution in [2.75, 3.05) is 0 Å². The van der Waals surface area contributed by atoms with Crippen molar-refractivity contribution < 1.29 is 4.42 Å². The van der Waals surface area contributed by atoms with Gasteiger partial charge >= 0.3 is 0 Å². The van der Waals surface area contributed by atoms with Gasteiger partial charge in [-0.1, -0.05) is 29.8 Å². The zero-order valence-corrected chi connectivity index (χ0v) is 10.7. The molecule has 0 spiro atoms. The van der Waals surface area contributed by atoms with Crippen molar-refractivity contribution in [3.8, 4) is 17.5 Å². The highest BCUT2D eigenvalue weighted by Crippen LogP contribution is 2.29. The lowest BCUT2D eigenvalue weighted by atomic mass is 10.1. The first kappa shape index (κ1) is 11.8. The standard InChI is InChI=1S/C15H9ClN2O/c16-12-4-2-1-3-11(12)15-18-13-6-5-10(7-8-17)9-14(13)19-15/h1-6,9H,7H2. The van der Waals surface area contributed by atoms with Crippen LogP contribution in [-0.2, 0) is 6.42 Å². The second kappa shape index (κ2) is 4.75. The van der Waals surface area contributed by atoms with Crippen LogP contribution >= 0.6 is 11.6 Å². The maximum absolute atomic E-state index is 8.70. The molecule has 0 aliphatic carbocycles. The molecule has 0 bridgehead atoms. The Morgan fingerprint density at radius 3 is 2.84 bits per heavy atom. The minimum atomic E-state index is 0.359. The quantitative estimate of drug-likeness (QED) is 0.699. The van der Waals surface area contributed by atoms with Crippen LogP contribution in [0.3, 0.4) is 0 Å². The monoisotopic (exact) mass is 268 g/mol. The second-order valence-electron chi connectivity index (χ2n) is 4.14. The third kappa shape index (κ3) is 2.18. The van der Waals surface area contributed by atoms with Gasteiger partial charge < -0.3 is 4.42 Å². The fourth-order valence-electron chi connectivity index (χ4n) is 1.92. The van der Waals surface area contributed by atoms with Crippen LogP contribution in [-0.4, -0.2) is 4.98 Å². The Bertz CT molecular complexity index is 786. The van der Waals surface area contributed by atoms with Crippen molar-refractivity contribution in [1.82, 2.24) is 4.98 Å². The lowest BCUT2D eigenvalue weighted by molar-refractivity contribution is 0.619. The van der Waals surface area contributed by atoms with Gasteiger partial charge in [0.15, 0.2) is 5.58 Å². The molecule has 3 nitrogen and oxygen atoms in total. The summed E-state index contributed by atoms with van der Waals surface area (Å²) in [5.74, 6) is 0.495. The fourth-order valence-corrected chi connectivity index (χ4v) is 2.14. The summed E-state index contributed by atoms with van der Waals surface area (Å²) < 4.78 is 5.72. The van der Waals surface area contributed by atoms with E-state index in [0.717, 1.165) is 16.6 Å². The Kier molecular flexibility index (Phi) is 2.94. The van der Waals surface area contributed by atoms with E-state index in [1.54, 1.807) is 6.07 Å². The van der Waals surface area contributed by atoms with E-state index < -0.39 is 0 Å². The zero-order chi connectivity index (χ0) is 13.2. The topological polar surface area (TPSA) is 49.8 Å². The summed E-state index contributed by atoms with van der Waals surface area (Å²) in [5, 5.41) is 9.30. The first-order chi connectivity index (χ1) is 9.28. The van der Waals surface area contributed by atoms with E-state index in [-0.39, 0.29) is 0 Å². The second-order valence-corrected chi connectivity index (χ2v) is 4.54. The number of halogens is 1. The normalized spacial score (nSPS) is 10.5. The van der Waals surface area contributed by atoms with Gasteiger partial charge in [0.2, 0.25) is 5.89 Å². The van der Waals surface area contributed by atoms with Crippen molar-refractivity contribution in [3.05, 3.63) is 53.1 Å². The van der Waals surface area contributed by atoms with Crippen molar-refractivity contribution >= 4 is 22.7 Å². The van der Waals surface area contributed by atoms with Crippen molar-refractivity contribution in [1.29, 1.82) is 5.26 Å². The van der Waals surface area contributed by atoms with Crippen LogP contribution in [0, 0.1) is 11.3 Å². The van der Waals surface area contributed by atoms with Crippen LogP contribution in [0.1, 0.15) is 5.56 Å².